The van der Waals surface area contributed by atoms with Crippen LogP contribution in [0.2, 0.25) is 0 Å². The molecule has 0 bridgehead atoms. The zero-order chi connectivity index (χ0) is 15.9. The van der Waals surface area contributed by atoms with Gasteiger partial charge in [-0.3, -0.25) is 4.79 Å². The lowest BCUT2D eigenvalue weighted by Gasteiger charge is -2.10. The number of benzene rings is 2. The molecule has 22 heavy (non-hydrogen) atoms. The molecule has 0 aliphatic carbocycles. The number of para-hydroxylation sites is 1. The van der Waals surface area contributed by atoms with Crippen LogP contribution in [-0.2, 0) is 11.2 Å². The van der Waals surface area contributed by atoms with Gasteiger partial charge in [0.1, 0.15) is 5.75 Å². The third-order valence-corrected chi connectivity index (χ3v) is 3.43. The monoisotopic (exact) mass is 298 g/mol. The maximum absolute atomic E-state index is 12.0. The van der Waals surface area contributed by atoms with Gasteiger partial charge in [-0.05, 0) is 49.6 Å². The molecule has 0 aliphatic rings. The van der Waals surface area contributed by atoms with Gasteiger partial charge in [0.25, 0.3) is 0 Å². The third-order valence-electron chi connectivity index (χ3n) is 3.43. The second-order valence-corrected chi connectivity index (χ2v) is 5.17. The highest BCUT2D eigenvalue weighted by Gasteiger charge is 2.06. The molecule has 116 valence electrons. The topological polar surface area (TPSA) is 64.3 Å². The predicted molar refractivity (Wildman–Crippen MR) is 90.2 cm³/mol. The van der Waals surface area contributed by atoms with E-state index in [0.717, 1.165) is 16.8 Å². The number of anilines is 2. The number of nitrogen functional groups attached to an aromatic ring is 1. The fourth-order valence-electron chi connectivity index (χ4n) is 2.22. The number of aryl methyl sites for hydroxylation is 2. The van der Waals surface area contributed by atoms with E-state index in [-0.39, 0.29) is 5.91 Å². The number of nitrogens with two attached hydrogens (primary N) is 1. The van der Waals surface area contributed by atoms with Crippen molar-refractivity contribution in [2.24, 2.45) is 0 Å². The van der Waals surface area contributed by atoms with E-state index in [1.807, 2.05) is 56.3 Å². The summed E-state index contributed by atoms with van der Waals surface area (Å²) in [5, 5.41) is 2.93. The van der Waals surface area contributed by atoms with Crippen molar-refractivity contribution in [1.82, 2.24) is 0 Å². The van der Waals surface area contributed by atoms with Crippen molar-refractivity contribution in [3.63, 3.8) is 0 Å². The number of hydrogen-bond donors (Lipinski definition) is 2. The Kier molecular flexibility index (Phi) is 5.42. The number of rotatable bonds is 6. The van der Waals surface area contributed by atoms with Crippen molar-refractivity contribution < 1.29 is 9.53 Å². The highest BCUT2D eigenvalue weighted by molar-refractivity contribution is 5.91. The Morgan fingerprint density at radius 1 is 1.23 bits per heavy atom. The molecule has 0 aliphatic heterocycles. The van der Waals surface area contributed by atoms with E-state index < -0.39 is 0 Å². The minimum atomic E-state index is 0.00163. The molecule has 0 unspecified atom stereocenters. The normalized spacial score (nSPS) is 10.3. The molecule has 0 radical (unpaired) electrons. The van der Waals surface area contributed by atoms with Gasteiger partial charge >= 0.3 is 0 Å². The first-order valence-corrected chi connectivity index (χ1v) is 7.47. The molecule has 3 N–H and O–H groups in total. The van der Waals surface area contributed by atoms with E-state index in [9.17, 15) is 4.79 Å². The highest BCUT2D eigenvalue weighted by Crippen LogP contribution is 2.23. The Balaban J connectivity index is 1.91. The summed E-state index contributed by atoms with van der Waals surface area (Å²) >= 11 is 0. The maximum Gasteiger partial charge on any atom is 0.224 e. The van der Waals surface area contributed by atoms with Gasteiger partial charge in [-0.1, -0.05) is 24.3 Å². The van der Waals surface area contributed by atoms with Crippen LogP contribution >= 0.6 is 0 Å². The number of ether oxygens (including phenoxy) is 1. The molecule has 0 heterocycles. The molecule has 0 saturated carbocycles. The zero-order valence-electron chi connectivity index (χ0n) is 13.1. The molecule has 0 atom stereocenters. The molecule has 0 saturated heterocycles. The van der Waals surface area contributed by atoms with E-state index in [0.29, 0.717) is 30.9 Å². The minimum absolute atomic E-state index is 0.00163. The first-order chi connectivity index (χ1) is 10.6. The largest absolute Gasteiger partial charge is 0.492 e. The quantitative estimate of drug-likeness (QED) is 0.802. The van der Waals surface area contributed by atoms with Gasteiger partial charge < -0.3 is 15.8 Å². The SMILES string of the molecule is CCOc1ccc(CCC(=O)Nc2ccccc2C)cc1N. The Hall–Kier alpha value is -2.49. The lowest BCUT2D eigenvalue weighted by atomic mass is 10.1. The zero-order valence-corrected chi connectivity index (χ0v) is 13.1. The fourth-order valence-corrected chi connectivity index (χ4v) is 2.22. The van der Waals surface area contributed by atoms with Crippen molar-refractivity contribution in [2.45, 2.75) is 26.7 Å². The van der Waals surface area contributed by atoms with Crippen LogP contribution in [-0.4, -0.2) is 12.5 Å². The van der Waals surface area contributed by atoms with Gasteiger partial charge in [0.2, 0.25) is 5.91 Å². The van der Waals surface area contributed by atoms with Crippen LogP contribution in [0, 0.1) is 6.92 Å². The average molecular weight is 298 g/mol. The summed E-state index contributed by atoms with van der Waals surface area (Å²) in [4.78, 5) is 12.0. The molecule has 0 aromatic heterocycles. The molecule has 2 rings (SSSR count). The van der Waals surface area contributed by atoms with Crippen molar-refractivity contribution >= 4 is 17.3 Å². The smallest absolute Gasteiger partial charge is 0.224 e. The molecule has 4 heteroatoms. The van der Waals surface area contributed by atoms with Crippen LogP contribution in [0.1, 0.15) is 24.5 Å². The maximum atomic E-state index is 12.0. The van der Waals surface area contributed by atoms with Crippen molar-refractivity contribution in [3.8, 4) is 5.75 Å². The lowest BCUT2D eigenvalue weighted by Crippen LogP contribution is -2.13. The highest BCUT2D eigenvalue weighted by atomic mass is 16.5. The molecule has 4 nitrogen and oxygen atoms in total. The van der Waals surface area contributed by atoms with E-state index in [1.165, 1.54) is 0 Å². The summed E-state index contributed by atoms with van der Waals surface area (Å²) < 4.78 is 5.41. The number of carbonyl (C=O) groups excluding carboxylic acids is 1. The average Bonchev–Trinajstić information content (AvgIpc) is 2.50. The molecule has 2 aromatic rings. The fraction of sp³-hybridized carbons (Fsp3) is 0.278. The Labute approximate surface area is 131 Å². The van der Waals surface area contributed by atoms with Gasteiger partial charge in [0.15, 0.2) is 0 Å². The van der Waals surface area contributed by atoms with E-state index in [1.54, 1.807) is 0 Å². The second kappa shape index (κ2) is 7.50. The van der Waals surface area contributed by atoms with E-state index in [4.69, 9.17) is 10.5 Å². The number of nitrogens with one attached hydrogen (secondary N) is 1. The summed E-state index contributed by atoms with van der Waals surface area (Å²) in [5.74, 6) is 0.692. The summed E-state index contributed by atoms with van der Waals surface area (Å²) in [6, 6.07) is 13.4. The molecule has 0 spiro atoms. The van der Waals surface area contributed by atoms with Crippen molar-refractivity contribution in [1.29, 1.82) is 0 Å². The van der Waals surface area contributed by atoms with Gasteiger partial charge in [-0.15, -0.1) is 0 Å². The standard InChI is InChI=1S/C18H22N2O2/c1-3-22-17-10-8-14(12-15(17)19)9-11-18(21)20-16-7-5-4-6-13(16)2/h4-8,10,12H,3,9,11,19H2,1-2H3,(H,20,21). The summed E-state index contributed by atoms with van der Waals surface area (Å²) in [7, 11) is 0. The van der Waals surface area contributed by atoms with E-state index >= 15 is 0 Å². The Bertz CT molecular complexity index is 653. The van der Waals surface area contributed by atoms with Crippen LogP contribution in [0.25, 0.3) is 0 Å². The van der Waals surface area contributed by atoms with Crippen LogP contribution in [0.3, 0.4) is 0 Å². The van der Waals surface area contributed by atoms with Crippen LogP contribution in [0.5, 0.6) is 5.75 Å². The first kappa shape index (κ1) is 15.9. The Morgan fingerprint density at radius 2 is 2.00 bits per heavy atom. The lowest BCUT2D eigenvalue weighted by molar-refractivity contribution is -0.116. The van der Waals surface area contributed by atoms with Gasteiger partial charge in [0.05, 0.1) is 12.3 Å². The van der Waals surface area contributed by atoms with E-state index in [2.05, 4.69) is 5.32 Å². The van der Waals surface area contributed by atoms with Crippen LogP contribution < -0.4 is 15.8 Å². The predicted octanol–water partition coefficient (Wildman–Crippen LogP) is 3.55. The second-order valence-electron chi connectivity index (χ2n) is 5.17. The van der Waals surface area contributed by atoms with Crippen molar-refractivity contribution in [3.05, 3.63) is 53.6 Å². The van der Waals surface area contributed by atoms with Gasteiger partial charge in [-0.2, -0.15) is 0 Å². The first-order valence-electron chi connectivity index (χ1n) is 7.47. The molecule has 1 amide bonds. The van der Waals surface area contributed by atoms with Gasteiger partial charge in [-0.25, -0.2) is 0 Å². The summed E-state index contributed by atoms with van der Waals surface area (Å²) in [6.45, 7) is 4.48. The molecular weight excluding hydrogens is 276 g/mol. The molecule has 0 fully saturated rings. The summed E-state index contributed by atoms with van der Waals surface area (Å²) in [5.41, 5.74) is 9.49. The van der Waals surface area contributed by atoms with Crippen LogP contribution in [0.4, 0.5) is 11.4 Å². The number of amides is 1. The third kappa shape index (κ3) is 4.25. The minimum Gasteiger partial charge on any atom is -0.492 e. The Morgan fingerprint density at radius 3 is 2.68 bits per heavy atom. The molecular formula is C18H22N2O2. The number of carbonyl (C=O) groups is 1. The van der Waals surface area contributed by atoms with Crippen LogP contribution in [0.15, 0.2) is 42.5 Å². The molecule has 2 aromatic carbocycles. The van der Waals surface area contributed by atoms with Crippen molar-refractivity contribution in [2.75, 3.05) is 17.7 Å². The summed E-state index contributed by atoms with van der Waals surface area (Å²) in [6.07, 6.45) is 1.07. The number of hydrogen-bond acceptors (Lipinski definition) is 3. The van der Waals surface area contributed by atoms with Gasteiger partial charge in [0, 0.05) is 12.1 Å².